The Kier molecular flexibility index (Phi) is 4.96. The summed E-state index contributed by atoms with van der Waals surface area (Å²) in [5, 5.41) is 16.4. The fourth-order valence-electron chi connectivity index (χ4n) is 0.619. The molecule has 0 aromatic rings. The SMILES string of the molecule is N[C@@H](CC(=O)O)C(=O)OC(=O)CC(=O)O. The van der Waals surface area contributed by atoms with Crippen LogP contribution >= 0.6 is 0 Å². The van der Waals surface area contributed by atoms with E-state index in [0.29, 0.717) is 0 Å². The van der Waals surface area contributed by atoms with Gasteiger partial charge in [0.2, 0.25) is 0 Å². The number of carboxylic acid groups (broad SMARTS) is 2. The van der Waals surface area contributed by atoms with E-state index in [1.54, 1.807) is 0 Å². The molecule has 0 aromatic carbocycles. The van der Waals surface area contributed by atoms with Crippen molar-refractivity contribution in [3.8, 4) is 0 Å². The predicted molar refractivity (Wildman–Crippen MR) is 43.6 cm³/mol. The molecule has 0 fully saturated rings. The Morgan fingerprint density at radius 2 is 1.67 bits per heavy atom. The van der Waals surface area contributed by atoms with Crippen LogP contribution in [-0.4, -0.2) is 40.1 Å². The Morgan fingerprint density at radius 3 is 2.07 bits per heavy atom. The highest BCUT2D eigenvalue weighted by Gasteiger charge is 2.22. The smallest absolute Gasteiger partial charge is 0.331 e. The molecule has 0 aliphatic heterocycles. The van der Waals surface area contributed by atoms with Gasteiger partial charge in [-0.25, -0.2) is 4.79 Å². The van der Waals surface area contributed by atoms with E-state index in [0.717, 1.165) is 0 Å². The summed E-state index contributed by atoms with van der Waals surface area (Å²) < 4.78 is 3.98. The number of hydrogen-bond acceptors (Lipinski definition) is 6. The molecule has 0 unspecified atom stereocenters. The summed E-state index contributed by atoms with van der Waals surface area (Å²) in [5.74, 6) is -5.33. The van der Waals surface area contributed by atoms with Gasteiger partial charge in [0.15, 0.2) is 0 Å². The van der Waals surface area contributed by atoms with E-state index in [2.05, 4.69) is 4.74 Å². The molecule has 0 amide bonds. The molecule has 8 nitrogen and oxygen atoms in total. The van der Waals surface area contributed by atoms with Crippen molar-refractivity contribution in [1.82, 2.24) is 0 Å². The molecule has 0 heterocycles. The van der Waals surface area contributed by atoms with E-state index in [1.165, 1.54) is 0 Å². The zero-order valence-electron chi connectivity index (χ0n) is 7.50. The molecule has 0 rings (SSSR count). The zero-order valence-corrected chi connectivity index (χ0v) is 7.50. The van der Waals surface area contributed by atoms with Crippen LogP contribution in [0.2, 0.25) is 0 Å². The van der Waals surface area contributed by atoms with Crippen molar-refractivity contribution in [1.29, 1.82) is 0 Å². The minimum atomic E-state index is -1.49. The van der Waals surface area contributed by atoms with Crippen LogP contribution < -0.4 is 5.73 Å². The summed E-state index contributed by atoms with van der Waals surface area (Å²) in [6.07, 6.45) is -1.68. The third-order valence-electron chi connectivity index (χ3n) is 1.21. The van der Waals surface area contributed by atoms with Gasteiger partial charge in [-0.2, -0.15) is 0 Å². The normalized spacial score (nSPS) is 11.5. The van der Waals surface area contributed by atoms with Gasteiger partial charge in [-0.3, -0.25) is 14.4 Å². The van der Waals surface area contributed by atoms with E-state index >= 15 is 0 Å². The number of carboxylic acids is 2. The highest BCUT2D eigenvalue weighted by atomic mass is 16.6. The molecule has 4 N–H and O–H groups in total. The molecule has 0 aromatic heterocycles. The number of carbonyl (C=O) groups is 4. The van der Waals surface area contributed by atoms with Crippen LogP contribution in [0.1, 0.15) is 12.8 Å². The largest absolute Gasteiger partial charge is 0.481 e. The predicted octanol–water partition coefficient (Wildman–Crippen LogP) is -1.67. The lowest BCUT2D eigenvalue weighted by Crippen LogP contribution is -2.36. The summed E-state index contributed by atoms with van der Waals surface area (Å²) in [7, 11) is 0. The van der Waals surface area contributed by atoms with Gasteiger partial charge in [-0.1, -0.05) is 0 Å². The Hall–Kier alpha value is -1.96. The molecule has 0 radical (unpaired) electrons. The number of esters is 2. The van der Waals surface area contributed by atoms with Crippen LogP contribution in [0.15, 0.2) is 0 Å². The molecule has 84 valence electrons. The molecule has 0 spiro atoms. The Labute approximate surface area is 83.6 Å². The van der Waals surface area contributed by atoms with Crippen LogP contribution in [-0.2, 0) is 23.9 Å². The second-order valence-electron chi connectivity index (χ2n) is 2.57. The second kappa shape index (κ2) is 5.70. The van der Waals surface area contributed by atoms with Crippen molar-refractivity contribution in [2.75, 3.05) is 0 Å². The maximum absolute atomic E-state index is 10.8. The summed E-state index contributed by atoms with van der Waals surface area (Å²) in [6.45, 7) is 0. The van der Waals surface area contributed by atoms with E-state index in [9.17, 15) is 19.2 Å². The average Bonchev–Trinajstić information content (AvgIpc) is 2.00. The van der Waals surface area contributed by atoms with Gasteiger partial charge in [0.05, 0.1) is 6.42 Å². The van der Waals surface area contributed by atoms with Gasteiger partial charge in [0.1, 0.15) is 12.5 Å². The first kappa shape index (κ1) is 13.0. The third-order valence-corrected chi connectivity index (χ3v) is 1.21. The summed E-state index contributed by atoms with van der Waals surface area (Å²) in [5.41, 5.74) is 5.04. The van der Waals surface area contributed by atoms with E-state index in [1.807, 2.05) is 0 Å². The fourth-order valence-corrected chi connectivity index (χ4v) is 0.619. The molecule has 1 atom stereocenters. The molecule has 0 aliphatic carbocycles. The quantitative estimate of drug-likeness (QED) is 0.367. The topological polar surface area (TPSA) is 144 Å². The molecule has 0 aliphatic rings. The lowest BCUT2D eigenvalue weighted by atomic mass is 10.2. The molecular formula is C7H9NO7. The van der Waals surface area contributed by atoms with Crippen LogP contribution in [0.3, 0.4) is 0 Å². The number of hydrogen-bond donors (Lipinski definition) is 3. The molecule has 15 heavy (non-hydrogen) atoms. The Balaban J connectivity index is 4.07. The molecule has 0 bridgehead atoms. The minimum absolute atomic E-state index is 0.695. The number of carbonyl (C=O) groups excluding carboxylic acids is 2. The molecule has 0 saturated carbocycles. The first-order chi connectivity index (χ1) is 6.82. The highest BCUT2D eigenvalue weighted by Crippen LogP contribution is 1.95. The van der Waals surface area contributed by atoms with Crippen molar-refractivity contribution >= 4 is 23.9 Å². The van der Waals surface area contributed by atoms with Crippen LogP contribution in [0, 0.1) is 0 Å². The van der Waals surface area contributed by atoms with Crippen LogP contribution in [0.5, 0.6) is 0 Å². The van der Waals surface area contributed by atoms with Gasteiger partial charge in [0.25, 0.3) is 0 Å². The lowest BCUT2D eigenvalue weighted by molar-refractivity contribution is -0.163. The second-order valence-corrected chi connectivity index (χ2v) is 2.57. The van der Waals surface area contributed by atoms with Gasteiger partial charge >= 0.3 is 23.9 Å². The maximum atomic E-state index is 10.8. The number of ether oxygens (including phenoxy) is 1. The van der Waals surface area contributed by atoms with E-state index in [4.69, 9.17) is 15.9 Å². The number of nitrogens with two attached hydrogens (primary N) is 1. The molecule has 0 saturated heterocycles. The monoisotopic (exact) mass is 219 g/mol. The van der Waals surface area contributed by atoms with Crippen LogP contribution in [0.25, 0.3) is 0 Å². The summed E-state index contributed by atoms with van der Waals surface area (Å²) in [6, 6.07) is -1.49. The van der Waals surface area contributed by atoms with Crippen molar-refractivity contribution in [2.24, 2.45) is 5.73 Å². The van der Waals surface area contributed by atoms with Crippen molar-refractivity contribution in [3.05, 3.63) is 0 Å². The lowest BCUT2D eigenvalue weighted by Gasteiger charge is -2.06. The van der Waals surface area contributed by atoms with Gasteiger partial charge in [-0.15, -0.1) is 0 Å². The first-order valence-electron chi connectivity index (χ1n) is 3.76. The van der Waals surface area contributed by atoms with E-state index in [-0.39, 0.29) is 0 Å². The molecule has 8 heteroatoms. The minimum Gasteiger partial charge on any atom is -0.481 e. The van der Waals surface area contributed by atoms with Crippen molar-refractivity contribution in [2.45, 2.75) is 18.9 Å². The average molecular weight is 219 g/mol. The van der Waals surface area contributed by atoms with Gasteiger partial charge < -0.3 is 20.7 Å². The summed E-state index contributed by atoms with van der Waals surface area (Å²) in [4.78, 5) is 41.6. The van der Waals surface area contributed by atoms with Crippen molar-refractivity contribution < 1.29 is 34.1 Å². The zero-order chi connectivity index (χ0) is 12.0. The molecular weight excluding hydrogens is 210 g/mol. The Bertz CT molecular complexity index is 298. The number of rotatable bonds is 5. The third kappa shape index (κ3) is 6.16. The van der Waals surface area contributed by atoms with Crippen molar-refractivity contribution in [3.63, 3.8) is 0 Å². The Morgan fingerprint density at radius 1 is 1.13 bits per heavy atom. The van der Waals surface area contributed by atoms with Gasteiger partial charge in [-0.05, 0) is 0 Å². The maximum Gasteiger partial charge on any atom is 0.331 e. The highest BCUT2D eigenvalue weighted by molar-refractivity contribution is 5.97. The number of aliphatic carboxylic acids is 2. The fraction of sp³-hybridized carbons (Fsp3) is 0.429. The summed E-state index contributed by atoms with van der Waals surface area (Å²) >= 11 is 0. The van der Waals surface area contributed by atoms with Gasteiger partial charge in [0, 0.05) is 0 Å². The first-order valence-corrected chi connectivity index (χ1v) is 3.76. The standard InChI is InChI=1S/C7H9NO7/c8-3(1-4(9)10)7(14)15-6(13)2-5(11)12/h3H,1-2,8H2,(H,9,10)(H,11,12)/t3-/m0/s1. The van der Waals surface area contributed by atoms with E-state index < -0.39 is 42.8 Å². The van der Waals surface area contributed by atoms with Crippen LogP contribution in [0.4, 0.5) is 0 Å².